The summed E-state index contributed by atoms with van der Waals surface area (Å²) in [5.41, 5.74) is 0. The Morgan fingerprint density at radius 1 is 1.20 bits per heavy atom. The first-order valence-electron chi connectivity index (χ1n) is 6.04. The van der Waals surface area contributed by atoms with Gasteiger partial charge in [-0.15, -0.1) is 0 Å². The standard InChI is InChI=1S/C12H24O3/c1-3-5-6-7-8-9-12(14)15-10-11(13)4-2/h11,13H,3-10H2,1-2H3. The summed E-state index contributed by atoms with van der Waals surface area (Å²) in [6, 6.07) is 0. The van der Waals surface area contributed by atoms with E-state index in [0.717, 1.165) is 12.8 Å². The second kappa shape index (κ2) is 9.97. The van der Waals surface area contributed by atoms with E-state index in [4.69, 9.17) is 4.74 Å². The molecule has 1 atom stereocenters. The molecule has 0 saturated heterocycles. The summed E-state index contributed by atoms with van der Waals surface area (Å²) in [6.07, 6.45) is 6.26. The van der Waals surface area contributed by atoms with Gasteiger partial charge in [-0.1, -0.05) is 39.5 Å². The van der Waals surface area contributed by atoms with Crippen molar-refractivity contribution in [1.29, 1.82) is 0 Å². The third-order valence-electron chi connectivity index (χ3n) is 2.39. The van der Waals surface area contributed by atoms with Crippen molar-refractivity contribution in [3.05, 3.63) is 0 Å². The summed E-state index contributed by atoms with van der Waals surface area (Å²) < 4.78 is 4.91. The lowest BCUT2D eigenvalue weighted by Gasteiger charge is -2.08. The third kappa shape index (κ3) is 9.73. The topological polar surface area (TPSA) is 46.5 Å². The number of unbranched alkanes of at least 4 members (excludes halogenated alkanes) is 4. The van der Waals surface area contributed by atoms with Gasteiger partial charge in [0.05, 0.1) is 6.10 Å². The Kier molecular flexibility index (Phi) is 9.59. The highest BCUT2D eigenvalue weighted by atomic mass is 16.5. The summed E-state index contributed by atoms with van der Waals surface area (Å²) in [7, 11) is 0. The van der Waals surface area contributed by atoms with E-state index in [0.29, 0.717) is 12.8 Å². The van der Waals surface area contributed by atoms with Crippen LogP contribution in [0.5, 0.6) is 0 Å². The second-order valence-corrected chi connectivity index (χ2v) is 3.91. The van der Waals surface area contributed by atoms with Gasteiger partial charge < -0.3 is 9.84 Å². The van der Waals surface area contributed by atoms with Crippen LogP contribution >= 0.6 is 0 Å². The lowest BCUT2D eigenvalue weighted by Crippen LogP contribution is -2.17. The molecule has 1 unspecified atom stereocenters. The number of hydrogen-bond acceptors (Lipinski definition) is 3. The molecular weight excluding hydrogens is 192 g/mol. The maximum atomic E-state index is 11.2. The molecule has 0 aliphatic rings. The number of rotatable bonds is 9. The number of aliphatic hydroxyl groups is 1. The Hall–Kier alpha value is -0.570. The molecule has 0 aromatic heterocycles. The Bertz CT molecular complexity index is 157. The third-order valence-corrected chi connectivity index (χ3v) is 2.39. The number of aliphatic hydroxyl groups excluding tert-OH is 1. The molecule has 0 aliphatic heterocycles. The zero-order chi connectivity index (χ0) is 11.5. The maximum absolute atomic E-state index is 11.2. The molecule has 0 heterocycles. The molecule has 0 aromatic carbocycles. The lowest BCUT2D eigenvalue weighted by atomic mass is 10.1. The van der Waals surface area contributed by atoms with Gasteiger partial charge in [0.1, 0.15) is 6.61 Å². The fourth-order valence-corrected chi connectivity index (χ4v) is 1.25. The average Bonchev–Trinajstić information content (AvgIpc) is 2.25. The van der Waals surface area contributed by atoms with E-state index in [9.17, 15) is 9.90 Å². The molecule has 0 fully saturated rings. The molecule has 90 valence electrons. The van der Waals surface area contributed by atoms with E-state index in [2.05, 4.69) is 6.92 Å². The van der Waals surface area contributed by atoms with Crippen molar-refractivity contribution in [3.63, 3.8) is 0 Å². The van der Waals surface area contributed by atoms with Gasteiger partial charge in [0.2, 0.25) is 0 Å². The Morgan fingerprint density at radius 2 is 1.87 bits per heavy atom. The molecular formula is C12H24O3. The molecule has 0 spiro atoms. The molecule has 0 aromatic rings. The molecule has 3 heteroatoms. The van der Waals surface area contributed by atoms with Crippen molar-refractivity contribution in [2.75, 3.05) is 6.61 Å². The monoisotopic (exact) mass is 216 g/mol. The molecule has 15 heavy (non-hydrogen) atoms. The van der Waals surface area contributed by atoms with Gasteiger partial charge in [-0.2, -0.15) is 0 Å². The van der Waals surface area contributed by atoms with Gasteiger partial charge in [0.15, 0.2) is 0 Å². The molecule has 3 nitrogen and oxygen atoms in total. The molecule has 0 bridgehead atoms. The zero-order valence-corrected chi connectivity index (χ0v) is 10.00. The first-order chi connectivity index (χ1) is 7.20. The number of carbonyl (C=O) groups excluding carboxylic acids is 1. The van der Waals surface area contributed by atoms with E-state index in [-0.39, 0.29) is 12.6 Å². The van der Waals surface area contributed by atoms with Crippen LogP contribution in [0.1, 0.15) is 58.8 Å². The maximum Gasteiger partial charge on any atom is 0.305 e. The van der Waals surface area contributed by atoms with Gasteiger partial charge in [0.25, 0.3) is 0 Å². The zero-order valence-electron chi connectivity index (χ0n) is 10.00. The van der Waals surface area contributed by atoms with Crippen LogP contribution in [0, 0.1) is 0 Å². The quantitative estimate of drug-likeness (QED) is 0.476. The van der Waals surface area contributed by atoms with Crippen LogP contribution < -0.4 is 0 Å². The summed E-state index contributed by atoms with van der Waals surface area (Å²) in [5.74, 6) is -0.181. The Labute approximate surface area is 92.8 Å². The fourth-order valence-electron chi connectivity index (χ4n) is 1.25. The normalized spacial score (nSPS) is 12.5. The van der Waals surface area contributed by atoms with Crippen molar-refractivity contribution in [2.45, 2.75) is 64.9 Å². The average molecular weight is 216 g/mol. The van der Waals surface area contributed by atoms with E-state index in [1.165, 1.54) is 19.3 Å². The minimum absolute atomic E-state index is 0.143. The van der Waals surface area contributed by atoms with Crippen LogP contribution in [-0.2, 0) is 9.53 Å². The van der Waals surface area contributed by atoms with E-state index in [1.807, 2.05) is 6.92 Å². The summed E-state index contributed by atoms with van der Waals surface area (Å²) in [4.78, 5) is 11.2. The first-order valence-corrected chi connectivity index (χ1v) is 6.04. The van der Waals surface area contributed by atoms with Crippen LogP contribution in [0.25, 0.3) is 0 Å². The second-order valence-electron chi connectivity index (χ2n) is 3.91. The van der Waals surface area contributed by atoms with Crippen LogP contribution in [0.15, 0.2) is 0 Å². The summed E-state index contributed by atoms with van der Waals surface area (Å²) in [6.45, 7) is 4.17. The Balaban J connectivity index is 3.26. The highest BCUT2D eigenvalue weighted by Crippen LogP contribution is 2.06. The van der Waals surface area contributed by atoms with Crippen molar-refractivity contribution in [1.82, 2.24) is 0 Å². The Morgan fingerprint density at radius 3 is 2.47 bits per heavy atom. The molecule has 0 rings (SSSR count). The predicted molar refractivity (Wildman–Crippen MR) is 60.6 cm³/mol. The predicted octanol–water partition coefficient (Wildman–Crippen LogP) is 2.66. The van der Waals surface area contributed by atoms with Crippen LogP contribution in [0.3, 0.4) is 0 Å². The molecule has 0 amide bonds. The van der Waals surface area contributed by atoms with Crippen LogP contribution in [-0.4, -0.2) is 23.8 Å². The van der Waals surface area contributed by atoms with Gasteiger partial charge in [-0.05, 0) is 12.8 Å². The first kappa shape index (κ1) is 14.4. The largest absolute Gasteiger partial charge is 0.463 e. The van der Waals surface area contributed by atoms with Gasteiger partial charge in [-0.3, -0.25) is 4.79 Å². The number of esters is 1. The van der Waals surface area contributed by atoms with Crippen molar-refractivity contribution >= 4 is 5.97 Å². The smallest absolute Gasteiger partial charge is 0.305 e. The minimum Gasteiger partial charge on any atom is -0.463 e. The highest BCUT2D eigenvalue weighted by molar-refractivity contribution is 5.69. The fraction of sp³-hybridized carbons (Fsp3) is 0.917. The highest BCUT2D eigenvalue weighted by Gasteiger charge is 2.06. The number of hydrogen-bond donors (Lipinski definition) is 1. The van der Waals surface area contributed by atoms with Crippen molar-refractivity contribution in [3.8, 4) is 0 Å². The van der Waals surface area contributed by atoms with E-state index >= 15 is 0 Å². The molecule has 0 radical (unpaired) electrons. The van der Waals surface area contributed by atoms with Gasteiger partial charge in [-0.25, -0.2) is 0 Å². The molecule has 0 aliphatic carbocycles. The summed E-state index contributed by atoms with van der Waals surface area (Å²) >= 11 is 0. The number of ether oxygens (including phenoxy) is 1. The lowest BCUT2D eigenvalue weighted by molar-refractivity contribution is -0.146. The van der Waals surface area contributed by atoms with E-state index in [1.54, 1.807) is 0 Å². The molecule has 1 N–H and O–H groups in total. The van der Waals surface area contributed by atoms with Crippen molar-refractivity contribution in [2.24, 2.45) is 0 Å². The number of carbonyl (C=O) groups is 1. The summed E-state index contributed by atoms with van der Waals surface area (Å²) in [5, 5.41) is 9.17. The van der Waals surface area contributed by atoms with Crippen LogP contribution in [0.4, 0.5) is 0 Å². The van der Waals surface area contributed by atoms with Crippen LogP contribution in [0.2, 0.25) is 0 Å². The molecule has 0 saturated carbocycles. The minimum atomic E-state index is -0.506. The van der Waals surface area contributed by atoms with E-state index < -0.39 is 6.10 Å². The van der Waals surface area contributed by atoms with Gasteiger partial charge in [0, 0.05) is 6.42 Å². The van der Waals surface area contributed by atoms with Gasteiger partial charge >= 0.3 is 5.97 Å². The SMILES string of the molecule is CCCCCCCC(=O)OCC(O)CC. The van der Waals surface area contributed by atoms with Crippen molar-refractivity contribution < 1.29 is 14.6 Å².